The van der Waals surface area contributed by atoms with E-state index in [0.717, 1.165) is 24.1 Å². The Morgan fingerprint density at radius 1 is 1.27 bits per heavy atom. The lowest BCUT2D eigenvalue weighted by atomic mass is 10.1. The topological polar surface area (TPSA) is 32.9 Å². The van der Waals surface area contributed by atoms with Crippen molar-refractivity contribution in [3.05, 3.63) is 33.7 Å². The number of aromatic amines is 1. The van der Waals surface area contributed by atoms with E-state index in [1.807, 2.05) is 19.9 Å². The third-order valence-corrected chi connectivity index (χ3v) is 1.75. The molecule has 0 saturated heterocycles. The molecule has 0 bridgehead atoms. The normalized spacial score (nSPS) is 10.0. The average molecular weight is 151 g/mol. The standard InChI is InChI=1S/C9H13NO/c1-3-7-5-8(4-2)10-9(11)6-7/h5-6H,3-4H2,1-2H3,(H,10,11). The summed E-state index contributed by atoms with van der Waals surface area (Å²) in [5, 5.41) is 0. The van der Waals surface area contributed by atoms with Crippen molar-refractivity contribution in [3.63, 3.8) is 0 Å². The van der Waals surface area contributed by atoms with Crippen molar-refractivity contribution in [2.75, 3.05) is 0 Å². The van der Waals surface area contributed by atoms with Crippen molar-refractivity contribution in [1.82, 2.24) is 4.98 Å². The smallest absolute Gasteiger partial charge is 0.248 e. The van der Waals surface area contributed by atoms with Gasteiger partial charge in [-0.3, -0.25) is 4.79 Å². The summed E-state index contributed by atoms with van der Waals surface area (Å²) < 4.78 is 0. The molecule has 0 atom stereocenters. The van der Waals surface area contributed by atoms with E-state index in [4.69, 9.17) is 0 Å². The summed E-state index contributed by atoms with van der Waals surface area (Å²) in [5.41, 5.74) is 2.15. The second-order valence-corrected chi connectivity index (χ2v) is 2.59. The highest BCUT2D eigenvalue weighted by atomic mass is 16.1. The molecule has 0 fully saturated rings. The van der Waals surface area contributed by atoms with Crippen molar-refractivity contribution in [2.45, 2.75) is 26.7 Å². The van der Waals surface area contributed by atoms with Crippen molar-refractivity contribution in [2.24, 2.45) is 0 Å². The summed E-state index contributed by atoms with van der Waals surface area (Å²) in [5.74, 6) is 0. The molecule has 0 spiro atoms. The molecular weight excluding hydrogens is 138 g/mol. The van der Waals surface area contributed by atoms with E-state index in [1.165, 1.54) is 0 Å². The van der Waals surface area contributed by atoms with Crippen LogP contribution in [0.3, 0.4) is 0 Å². The molecule has 1 rings (SSSR count). The van der Waals surface area contributed by atoms with E-state index in [2.05, 4.69) is 4.98 Å². The number of hydrogen-bond acceptors (Lipinski definition) is 1. The Bertz CT molecular complexity index is 263. The number of pyridine rings is 1. The van der Waals surface area contributed by atoms with Crippen LogP contribution in [0.25, 0.3) is 0 Å². The van der Waals surface area contributed by atoms with E-state index >= 15 is 0 Å². The highest BCUT2D eigenvalue weighted by molar-refractivity contribution is 5.16. The lowest BCUT2D eigenvalue weighted by Gasteiger charge is -1.98. The van der Waals surface area contributed by atoms with Gasteiger partial charge in [0.2, 0.25) is 5.56 Å². The van der Waals surface area contributed by atoms with Gasteiger partial charge >= 0.3 is 0 Å². The van der Waals surface area contributed by atoms with Gasteiger partial charge in [0, 0.05) is 11.8 Å². The molecule has 1 aromatic heterocycles. The van der Waals surface area contributed by atoms with Gasteiger partial charge in [-0.15, -0.1) is 0 Å². The first-order valence-electron chi connectivity index (χ1n) is 3.98. The van der Waals surface area contributed by atoms with Crippen LogP contribution < -0.4 is 5.56 Å². The van der Waals surface area contributed by atoms with Crippen molar-refractivity contribution in [1.29, 1.82) is 0 Å². The highest BCUT2D eigenvalue weighted by Crippen LogP contribution is 1.99. The van der Waals surface area contributed by atoms with Crippen LogP contribution in [0, 0.1) is 0 Å². The molecule has 0 unspecified atom stereocenters. The Hall–Kier alpha value is -1.05. The van der Waals surface area contributed by atoms with Gasteiger partial charge in [-0.2, -0.15) is 0 Å². The molecule has 1 heterocycles. The lowest BCUT2D eigenvalue weighted by molar-refractivity contribution is 0.983. The van der Waals surface area contributed by atoms with E-state index in [9.17, 15) is 4.79 Å². The molecule has 60 valence electrons. The SMILES string of the molecule is CCc1cc(CC)[nH]c(=O)c1. The van der Waals surface area contributed by atoms with Gasteiger partial charge in [0.1, 0.15) is 0 Å². The van der Waals surface area contributed by atoms with Crippen LogP contribution in [0.4, 0.5) is 0 Å². The second-order valence-electron chi connectivity index (χ2n) is 2.59. The second kappa shape index (κ2) is 3.37. The molecule has 2 heteroatoms. The molecule has 1 N–H and O–H groups in total. The zero-order chi connectivity index (χ0) is 8.27. The maximum atomic E-state index is 11.0. The fraction of sp³-hybridized carbons (Fsp3) is 0.444. The molecule has 1 aromatic rings. The molecule has 0 aliphatic heterocycles. The zero-order valence-electron chi connectivity index (χ0n) is 6.98. The molecule has 2 nitrogen and oxygen atoms in total. The van der Waals surface area contributed by atoms with Crippen molar-refractivity contribution >= 4 is 0 Å². The fourth-order valence-electron chi connectivity index (χ4n) is 1.06. The predicted molar refractivity (Wildman–Crippen MR) is 45.8 cm³/mol. The van der Waals surface area contributed by atoms with Crippen LogP contribution in [0.2, 0.25) is 0 Å². The third kappa shape index (κ3) is 1.93. The number of rotatable bonds is 2. The first-order valence-corrected chi connectivity index (χ1v) is 3.98. The minimum absolute atomic E-state index is 0.0150. The summed E-state index contributed by atoms with van der Waals surface area (Å²) in [6, 6.07) is 3.70. The van der Waals surface area contributed by atoms with E-state index in [-0.39, 0.29) is 5.56 Å². The number of aryl methyl sites for hydroxylation is 2. The lowest BCUT2D eigenvalue weighted by Crippen LogP contribution is -2.08. The van der Waals surface area contributed by atoms with Crippen LogP contribution in [-0.4, -0.2) is 4.98 Å². The number of nitrogens with one attached hydrogen (secondary N) is 1. The summed E-state index contributed by atoms with van der Waals surface area (Å²) in [6.45, 7) is 4.08. The Morgan fingerprint density at radius 2 is 2.00 bits per heavy atom. The molecule has 0 amide bonds. The van der Waals surface area contributed by atoms with E-state index in [0.29, 0.717) is 0 Å². The van der Waals surface area contributed by atoms with Gasteiger partial charge < -0.3 is 4.98 Å². The zero-order valence-corrected chi connectivity index (χ0v) is 6.98. The van der Waals surface area contributed by atoms with Gasteiger partial charge in [-0.25, -0.2) is 0 Å². The van der Waals surface area contributed by atoms with Gasteiger partial charge in [0.15, 0.2) is 0 Å². The van der Waals surface area contributed by atoms with E-state index in [1.54, 1.807) is 6.07 Å². The van der Waals surface area contributed by atoms with Crippen LogP contribution in [0.5, 0.6) is 0 Å². The summed E-state index contributed by atoms with van der Waals surface area (Å²) >= 11 is 0. The van der Waals surface area contributed by atoms with Gasteiger partial charge in [0.05, 0.1) is 0 Å². The Labute approximate surface area is 66.3 Å². The van der Waals surface area contributed by atoms with Crippen LogP contribution in [0.15, 0.2) is 16.9 Å². The number of aromatic nitrogens is 1. The summed E-state index contributed by atoms with van der Waals surface area (Å²) in [6.07, 6.45) is 1.82. The monoisotopic (exact) mass is 151 g/mol. The maximum absolute atomic E-state index is 11.0. The Morgan fingerprint density at radius 3 is 2.55 bits per heavy atom. The van der Waals surface area contributed by atoms with Gasteiger partial charge in [-0.05, 0) is 24.5 Å². The van der Waals surface area contributed by atoms with E-state index < -0.39 is 0 Å². The minimum atomic E-state index is 0.0150. The molecular formula is C9H13NO. The third-order valence-electron chi connectivity index (χ3n) is 1.75. The molecule has 0 radical (unpaired) electrons. The fourth-order valence-corrected chi connectivity index (χ4v) is 1.06. The molecule has 0 aliphatic carbocycles. The quantitative estimate of drug-likeness (QED) is 0.682. The van der Waals surface area contributed by atoms with Crippen LogP contribution in [0.1, 0.15) is 25.1 Å². The van der Waals surface area contributed by atoms with Crippen LogP contribution in [-0.2, 0) is 12.8 Å². The van der Waals surface area contributed by atoms with Gasteiger partial charge in [0.25, 0.3) is 0 Å². The van der Waals surface area contributed by atoms with Crippen molar-refractivity contribution in [3.8, 4) is 0 Å². The first kappa shape index (κ1) is 8.05. The first-order chi connectivity index (χ1) is 5.26. The Kier molecular flexibility index (Phi) is 2.47. The molecule has 0 saturated carbocycles. The average Bonchev–Trinajstić information content (AvgIpc) is 2.03. The summed E-state index contributed by atoms with van der Waals surface area (Å²) in [4.78, 5) is 13.7. The van der Waals surface area contributed by atoms with Crippen molar-refractivity contribution < 1.29 is 0 Å². The number of hydrogen-bond donors (Lipinski definition) is 1. The van der Waals surface area contributed by atoms with Crippen LogP contribution >= 0.6 is 0 Å². The largest absolute Gasteiger partial charge is 0.326 e. The predicted octanol–water partition coefficient (Wildman–Crippen LogP) is 1.50. The molecule has 11 heavy (non-hydrogen) atoms. The molecule has 0 aromatic carbocycles. The summed E-state index contributed by atoms with van der Waals surface area (Å²) in [7, 11) is 0. The molecule has 0 aliphatic rings. The maximum Gasteiger partial charge on any atom is 0.248 e. The highest BCUT2D eigenvalue weighted by Gasteiger charge is 1.94. The number of H-pyrrole nitrogens is 1. The van der Waals surface area contributed by atoms with Gasteiger partial charge in [-0.1, -0.05) is 13.8 Å². The Balaban J connectivity index is 3.12. The minimum Gasteiger partial charge on any atom is -0.326 e.